The van der Waals surface area contributed by atoms with Crippen LogP contribution in [0.2, 0.25) is 0 Å². The average Bonchev–Trinajstić information content (AvgIpc) is 3.35. The summed E-state index contributed by atoms with van der Waals surface area (Å²) in [4.78, 5) is 23.6. The number of thioether (sulfide) groups is 1. The quantitative estimate of drug-likeness (QED) is 0.398. The number of nitrogens with zero attached hydrogens (tertiary/aromatic N) is 3. The highest BCUT2D eigenvalue weighted by Crippen LogP contribution is 2.23. The van der Waals surface area contributed by atoms with E-state index in [1.807, 2.05) is 0 Å². The van der Waals surface area contributed by atoms with Crippen molar-refractivity contribution in [3.63, 3.8) is 0 Å². The molecule has 3 amide bonds. The Morgan fingerprint density at radius 1 is 1.25 bits per heavy atom. The second-order valence-electron chi connectivity index (χ2n) is 5.50. The van der Waals surface area contributed by atoms with Crippen LogP contribution in [0.5, 0.6) is 5.75 Å². The van der Waals surface area contributed by atoms with E-state index in [0.717, 1.165) is 17.3 Å². The highest BCUT2D eigenvalue weighted by Gasteiger charge is 2.15. The van der Waals surface area contributed by atoms with E-state index < -0.39 is 11.9 Å². The summed E-state index contributed by atoms with van der Waals surface area (Å²) < 4.78 is 11.5. The number of imide groups is 1. The summed E-state index contributed by atoms with van der Waals surface area (Å²) in [6.07, 6.45) is 1.50. The predicted molar refractivity (Wildman–Crippen MR) is 102 cm³/mol. The maximum Gasteiger partial charge on any atom is 0.321 e. The van der Waals surface area contributed by atoms with Gasteiger partial charge in [0, 0.05) is 5.56 Å². The van der Waals surface area contributed by atoms with Gasteiger partial charge < -0.3 is 20.3 Å². The number of furan rings is 1. The molecule has 3 aromatic rings. The van der Waals surface area contributed by atoms with Crippen LogP contribution in [0.1, 0.15) is 5.76 Å². The van der Waals surface area contributed by atoms with Crippen LogP contribution < -0.4 is 21.2 Å². The zero-order valence-electron chi connectivity index (χ0n) is 14.9. The first-order valence-corrected chi connectivity index (χ1v) is 9.13. The molecule has 0 saturated carbocycles. The molecule has 0 saturated heterocycles. The highest BCUT2D eigenvalue weighted by atomic mass is 32.2. The van der Waals surface area contributed by atoms with Gasteiger partial charge in [-0.1, -0.05) is 11.8 Å². The third-order valence-corrected chi connectivity index (χ3v) is 4.54. The third kappa shape index (κ3) is 4.82. The minimum atomic E-state index is -0.616. The molecule has 0 fully saturated rings. The Balaban J connectivity index is 1.50. The molecule has 0 spiro atoms. The van der Waals surface area contributed by atoms with Crippen LogP contribution in [0, 0.1) is 0 Å². The van der Waals surface area contributed by atoms with Crippen LogP contribution in [0.4, 0.5) is 4.79 Å². The minimum Gasteiger partial charge on any atom is -0.497 e. The number of ether oxygens (including phenoxy) is 1. The number of methoxy groups -OCH3 is 1. The molecule has 1 aromatic carbocycles. The molecule has 0 aliphatic carbocycles. The molecule has 0 unspecified atom stereocenters. The van der Waals surface area contributed by atoms with Crippen molar-refractivity contribution in [1.82, 2.24) is 25.5 Å². The van der Waals surface area contributed by atoms with Gasteiger partial charge in [0.2, 0.25) is 11.1 Å². The summed E-state index contributed by atoms with van der Waals surface area (Å²) >= 11 is 1.07. The summed E-state index contributed by atoms with van der Waals surface area (Å²) in [6, 6.07) is 9.98. The number of amides is 3. The van der Waals surface area contributed by atoms with Gasteiger partial charge in [-0.05, 0) is 36.4 Å². The summed E-state index contributed by atoms with van der Waals surface area (Å²) in [7, 11) is 1.58. The zero-order chi connectivity index (χ0) is 19.9. The number of carbonyl (C=O) groups excluding carboxylic acids is 2. The van der Waals surface area contributed by atoms with E-state index in [-0.39, 0.29) is 12.3 Å². The molecule has 0 aliphatic heterocycles. The Labute approximate surface area is 164 Å². The maximum absolute atomic E-state index is 11.9. The van der Waals surface area contributed by atoms with Gasteiger partial charge in [0.25, 0.3) is 0 Å². The van der Waals surface area contributed by atoms with E-state index in [4.69, 9.17) is 15.0 Å². The Hall–Kier alpha value is -3.47. The van der Waals surface area contributed by atoms with Crippen molar-refractivity contribution >= 4 is 23.7 Å². The number of rotatable bonds is 7. The van der Waals surface area contributed by atoms with Crippen molar-refractivity contribution in [2.45, 2.75) is 11.7 Å². The van der Waals surface area contributed by atoms with Gasteiger partial charge in [-0.15, -0.1) is 10.2 Å². The second kappa shape index (κ2) is 8.95. The summed E-state index contributed by atoms with van der Waals surface area (Å²) in [5.41, 5.74) is 0.754. The maximum atomic E-state index is 11.9. The number of aromatic nitrogens is 3. The van der Waals surface area contributed by atoms with Crippen LogP contribution in [0.25, 0.3) is 11.4 Å². The molecule has 0 atom stereocenters. The molecule has 146 valence electrons. The molecule has 0 aliphatic rings. The monoisotopic (exact) mass is 402 g/mol. The number of hydrogen-bond donors (Lipinski definition) is 3. The van der Waals surface area contributed by atoms with Gasteiger partial charge in [-0.3, -0.25) is 10.1 Å². The van der Waals surface area contributed by atoms with E-state index in [1.165, 1.54) is 10.9 Å². The van der Waals surface area contributed by atoms with Crippen molar-refractivity contribution in [3.8, 4) is 17.1 Å². The van der Waals surface area contributed by atoms with Gasteiger partial charge >= 0.3 is 6.03 Å². The van der Waals surface area contributed by atoms with Crippen LogP contribution >= 0.6 is 11.8 Å². The first kappa shape index (κ1) is 19.3. The largest absolute Gasteiger partial charge is 0.497 e. The van der Waals surface area contributed by atoms with E-state index in [2.05, 4.69) is 20.8 Å². The van der Waals surface area contributed by atoms with Crippen LogP contribution in [0.3, 0.4) is 0 Å². The number of carbonyl (C=O) groups is 2. The molecule has 11 heteroatoms. The van der Waals surface area contributed by atoms with Gasteiger partial charge in [0.1, 0.15) is 11.5 Å². The Kier molecular flexibility index (Phi) is 6.17. The molecule has 28 heavy (non-hydrogen) atoms. The number of nitrogens with two attached hydrogens (primary N) is 1. The molecule has 0 bridgehead atoms. The lowest BCUT2D eigenvalue weighted by atomic mass is 10.2. The van der Waals surface area contributed by atoms with E-state index in [0.29, 0.717) is 22.5 Å². The zero-order valence-corrected chi connectivity index (χ0v) is 15.7. The topological polar surface area (TPSA) is 137 Å². The Morgan fingerprint density at radius 2 is 2.04 bits per heavy atom. The lowest BCUT2D eigenvalue weighted by Crippen LogP contribution is -2.39. The first-order chi connectivity index (χ1) is 13.6. The lowest BCUT2D eigenvalue weighted by molar-refractivity contribution is -0.117. The number of urea groups is 1. The van der Waals surface area contributed by atoms with E-state index >= 15 is 0 Å². The molecule has 2 heterocycles. The Bertz CT molecular complexity index is 939. The molecule has 0 radical (unpaired) electrons. The summed E-state index contributed by atoms with van der Waals surface area (Å²) in [5, 5.41) is 13.1. The molecular formula is C17H18N6O4S. The lowest BCUT2D eigenvalue weighted by Gasteiger charge is -2.06. The van der Waals surface area contributed by atoms with Crippen LogP contribution in [-0.4, -0.2) is 39.7 Å². The van der Waals surface area contributed by atoms with Gasteiger partial charge in [0.05, 0.1) is 25.7 Å². The molecule has 2 aromatic heterocycles. The second-order valence-corrected chi connectivity index (χ2v) is 6.45. The number of hydrogen-bond acceptors (Lipinski definition) is 8. The normalized spacial score (nSPS) is 10.5. The molecule has 4 N–H and O–H groups in total. The fourth-order valence-electron chi connectivity index (χ4n) is 2.23. The first-order valence-electron chi connectivity index (χ1n) is 8.14. The standard InChI is InChI=1S/C17H18N6O4S/c1-26-12-6-4-11(5-7-12)15-21-22-17(23(15)18)28-10-14(24)20-16(25)19-9-13-3-2-8-27-13/h2-8H,9-10,18H2,1H3,(H2,19,20,24,25). The van der Waals surface area contributed by atoms with Gasteiger partial charge in [-0.25, -0.2) is 9.47 Å². The number of benzene rings is 1. The Morgan fingerprint density at radius 3 is 2.71 bits per heavy atom. The predicted octanol–water partition coefficient (Wildman–Crippen LogP) is 1.38. The highest BCUT2D eigenvalue weighted by molar-refractivity contribution is 7.99. The number of nitrogen functional groups attached to an aromatic ring is 1. The average molecular weight is 402 g/mol. The fourth-order valence-corrected chi connectivity index (χ4v) is 2.89. The van der Waals surface area contributed by atoms with E-state index in [9.17, 15) is 9.59 Å². The van der Waals surface area contributed by atoms with Crippen LogP contribution in [-0.2, 0) is 11.3 Å². The van der Waals surface area contributed by atoms with Crippen molar-refractivity contribution in [3.05, 3.63) is 48.4 Å². The third-order valence-electron chi connectivity index (χ3n) is 3.60. The van der Waals surface area contributed by atoms with Crippen molar-refractivity contribution < 1.29 is 18.7 Å². The van der Waals surface area contributed by atoms with Crippen molar-refractivity contribution in [2.75, 3.05) is 18.7 Å². The minimum absolute atomic E-state index is 0.0495. The van der Waals surface area contributed by atoms with E-state index in [1.54, 1.807) is 43.5 Å². The van der Waals surface area contributed by atoms with Gasteiger partial charge in [-0.2, -0.15) is 0 Å². The number of nitrogens with one attached hydrogen (secondary N) is 2. The summed E-state index contributed by atoms with van der Waals surface area (Å²) in [5.74, 6) is 7.21. The smallest absolute Gasteiger partial charge is 0.321 e. The van der Waals surface area contributed by atoms with Crippen LogP contribution in [0.15, 0.2) is 52.2 Å². The fraction of sp³-hybridized carbons (Fsp3) is 0.176. The van der Waals surface area contributed by atoms with Crippen molar-refractivity contribution in [1.29, 1.82) is 0 Å². The molecule has 10 nitrogen and oxygen atoms in total. The molecular weight excluding hydrogens is 384 g/mol. The van der Waals surface area contributed by atoms with Gasteiger partial charge in [0.15, 0.2) is 5.82 Å². The SMILES string of the molecule is COc1ccc(-c2nnc(SCC(=O)NC(=O)NCc3ccco3)n2N)cc1. The van der Waals surface area contributed by atoms with Crippen molar-refractivity contribution in [2.24, 2.45) is 0 Å². The summed E-state index contributed by atoms with van der Waals surface area (Å²) in [6.45, 7) is 0.182. The molecule has 3 rings (SSSR count).